The number of rotatable bonds is 2. The minimum Gasteiger partial charge on any atom is -0.476 e. The summed E-state index contributed by atoms with van der Waals surface area (Å²) in [6, 6.07) is 5.42. The third-order valence-corrected chi connectivity index (χ3v) is 3.97. The van der Waals surface area contributed by atoms with Crippen LogP contribution in [-0.4, -0.2) is 16.1 Å². The van der Waals surface area contributed by atoms with E-state index < -0.39 is 5.97 Å². The molecule has 1 aromatic heterocycles. The predicted molar refractivity (Wildman–Crippen MR) is 72.0 cm³/mol. The second-order valence-electron chi connectivity index (χ2n) is 3.35. The summed E-state index contributed by atoms with van der Waals surface area (Å²) in [4.78, 5) is 15.7. The van der Waals surface area contributed by atoms with Crippen LogP contribution in [0.4, 0.5) is 0 Å². The highest BCUT2D eigenvalue weighted by atomic mass is 79.9. The van der Waals surface area contributed by atoms with Crippen LogP contribution >= 0.6 is 38.9 Å². The van der Waals surface area contributed by atoms with E-state index >= 15 is 0 Å². The third kappa shape index (κ3) is 2.51. The van der Waals surface area contributed by atoms with E-state index in [0.717, 1.165) is 10.0 Å². The number of aryl methyl sites for hydroxylation is 1. The average Bonchev–Trinajstić information content (AvgIpc) is 2.60. The third-order valence-electron chi connectivity index (χ3n) is 2.16. The lowest BCUT2D eigenvalue weighted by Gasteiger charge is -2.00. The first-order valence-corrected chi connectivity index (χ1v) is 6.64. The van der Waals surface area contributed by atoms with Gasteiger partial charge >= 0.3 is 5.97 Å². The van der Waals surface area contributed by atoms with Crippen LogP contribution in [0.15, 0.2) is 22.7 Å². The summed E-state index contributed by atoms with van der Waals surface area (Å²) in [5.74, 6) is -1.02. The first-order valence-electron chi connectivity index (χ1n) is 4.65. The largest absolute Gasteiger partial charge is 0.476 e. The van der Waals surface area contributed by atoms with Gasteiger partial charge in [-0.15, -0.1) is 11.3 Å². The summed E-state index contributed by atoms with van der Waals surface area (Å²) >= 11 is 10.7. The molecule has 0 saturated carbocycles. The van der Waals surface area contributed by atoms with Crippen LogP contribution in [0.25, 0.3) is 10.6 Å². The minimum absolute atomic E-state index is 0.0870. The Balaban J connectivity index is 2.53. The molecule has 0 unspecified atom stereocenters. The van der Waals surface area contributed by atoms with E-state index in [1.165, 1.54) is 11.3 Å². The molecular weight excluding hydrogens is 326 g/mol. The first-order chi connectivity index (χ1) is 7.99. The Morgan fingerprint density at radius 1 is 1.53 bits per heavy atom. The van der Waals surface area contributed by atoms with Gasteiger partial charge in [-0.2, -0.15) is 0 Å². The fourth-order valence-corrected chi connectivity index (χ4v) is 3.14. The van der Waals surface area contributed by atoms with Crippen molar-refractivity contribution in [3.05, 3.63) is 38.3 Å². The smallest absolute Gasteiger partial charge is 0.355 e. The molecule has 1 N–H and O–H groups in total. The van der Waals surface area contributed by atoms with Gasteiger partial charge in [0.2, 0.25) is 0 Å². The monoisotopic (exact) mass is 331 g/mol. The molecule has 2 rings (SSSR count). The normalized spacial score (nSPS) is 10.5. The van der Waals surface area contributed by atoms with Crippen molar-refractivity contribution < 1.29 is 9.90 Å². The van der Waals surface area contributed by atoms with Gasteiger partial charge in [-0.1, -0.05) is 27.5 Å². The lowest BCUT2D eigenvalue weighted by atomic mass is 10.2. The molecule has 6 heteroatoms. The van der Waals surface area contributed by atoms with Gasteiger partial charge in [0, 0.05) is 14.9 Å². The number of carboxylic acid groups (broad SMARTS) is 1. The molecule has 0 aliphatic heterocycles. The number of thiazole rings is 1. The number of halogens is 2. The van der Waals surface area contributed by atoms with Crippen molar-refractivity contribution in [3.63, 3.8) is 0 Å². The fourth-order valence-electron chi connectivity index (χ4n) is 1.37. The molecule has 1 aromatic carbocycles. The second-order valence-corrected chi connectivity index (χ2v) is 5.88. The van der Waals surface area contributed by atoms with Crippen LogP contribution in [0.3, 0.4) is 0 Å². The van der Waals surface area contributed by atoms with Gasteiger partial charge in [-0.25, -0.2) is 9.78 Å². The van der Waals surface area contributed by atoms with Crippen LogP contribution in [-0.2, 0) is 0 Å². The highest BCUT2D eigenvalue weighted by molar-refractivity contribution is 9.10. The van der Waals surface area contributed by atoms with Gasteiger partial charge in [0.1, 0.15) is 5.01 Å². The summed E-state index contributed by atoms with van der Waals surface area (Å²) in [6.07, 6.45) is 0. The van der Waals surface area contributed by atoms with E-state index in [0.29, 0.717) is 14.9 Å². The summed E-state index contributed by atoms with van der Waals surface area (Å²) in [5, 5.41) is 10.1. The Bertz CT molecular complexity index is 597. The zero-order chi connectivity index (χ0) is 12.6. The van der Waals surface area contributed by atoms with Crippen LogP contribution in [0, 0.1) is 6.92 Å². The van der Waals surface area contributed by atoms with E-state index in [-0.39, 0.29) is 5.69 Å². The van der Waals surface area contributed by atoms with Crippen LogP contribution in [0.5, 0.6) is 0 Å². The Morgan fingerprint density at radius 2 is 2.24 bits per heavy atom. The van der Waals surface area contributed by atoms with Crippen molar-refractivity contribution in [1.82, 2.24) is 4.98 Å². The SMILES string of the molecule is Cc1sc(-c2ccc(Br)cc2Cl)nc1C(=O)O. The van der Waals surface area contributed by atoms with E-state index in [2.05, 4.69) is 20.9 Å². The molecule has 17 heavy (non-hydrogen) atoms. The Morgan fingerprint density at radius 3 is 2.76 bits per heavy atom. The first kappa shape index (κ1) is 12.5. The molecule has 0 atom stereocenters. The van der Waals surface area contributed by atoms with Crippen LogP contribution in [0.2, 0.25) is 5.02 Å². The number of aromatic carboxylic acids is 1. The molecule has 0 spiro atoms. The number of carboxylic acids is 1. The molecule has 0 saturated heterocycles. The highest BCUT2D eigenvalue weighted by Crippen LogP contribution is 2.34. The van der Waals surface area contributed by atoms with Crippen molar-refractivity contribution in [2.24, 2.45) is 0 Å². The van der Waals surface area contributed by atoms with Gasteiger partial charge in [0.15, 0.2) is 5.69 Å². The van der Waals surface area contributed by atoms with Gasteiger partial charge < -0.3 is 5.11 Å². The highest BCUT2D eigenvalue weighted by Gasteiger charge is 2.16. The Kier molecular flexibility index (Phi) is 3.51. The average molecular weight is 333 g/mol. The topological polar surface area (TPSA) is 50.2 Å². The van der Waals surface area contributed by atoms with Crippen molar-refractivity contribution in [3.8, 4) is 10.6 Å². The van der Waals surface area contributed by atoms with E-state index in [4.69, 9.17) is 16.7 Å². The lowest BCUT2D eigenvalue weighted by Crippen LogP contribution is -1.98. The van der Waals surface area contributed by atoms with Crippen molar-refractivity contribution in [1.29, 1.82) is 0 Å². The maximum absolute atomic E-state index is 10.9. The van der Waals surface area contributed by atoms with Crippen molar-refractivity contribution in [2.45, 2.75) is 6.92 Å². The summed E-state index contributed by atoms with van der Waals surface area (Å²) in [6.45, 7) is 1.73. The summed E-state index contributed by atoms with van der Waals surface area (Å²) in [5.41, 5.74) is 0.833. The molecule has 0 fully saturated rings. The van der Waals surface area contributed by atoms with Crippen molar-refractivity contribution >= 4 is 44.8 Å². The zero-order valence-electron chi connectivity index (χ0n) is 8.70. The number of hydrogen-bond donors (Lipinski definition) is 1. The number of benzene rings is 1. The molecule has 88 valence electrons. The van der Waals surface area contributed by atoms with Crippen LogP contribution in [0.1, 0.15) is 15.4 Å². The van der Waals surface area contributed by atoms with Gasteiger partial charge in [0.25, 0.3) is 0 Å². The quantitative estimate of drug-likeness (QED) is 0.895. The second kappa shape index (κ2) is 4.76. The van der Waals surface area contributed by atoms with Gasteiger partial charge in [-0.3, -0.25) is 0 Å². The fraction of sp³-hybridized carbons (Fsp3) is 0.0909. The summed E-state index contributed by atoms with van der Waals surface area (Å²) in [7, 11) is 0. The van der Waals surface area contributed by atoms with Crippen molar-refractivity contribution in [2.75, 3.05) is 0 Å². The molecule has 0 aliphatic rings. The minimum atomic E-state index is -1.02. The molecule has 0 radical (unpaired) electrons. The zero-order valence-corrected chi connectivity index (χ0v) is 11.9. The standard InChI is InChI=1S/C11H7BrClNO2S/c1-5-9(11(15)16)14-10(17-5)7-3-2-6(12)4-8(7)13/h2-4H,1H3,(H,15,16). The maximum Gasteiger partial charge on any atom is 0.355 e. The molecule has 3 nitrogen and oxygen atoms in total. The Labute approximate surface area is 115 Å². The molecule has 0 bridgehead atoms. The lowest BCUT2D eigenvalue weighted by molar-refractivity contribution is 0.0690. The van der Waals surface area contributed by atoms with E-state index in [1.54, 1.807) is 13.0 Å². The predicted octanol–water partition coefficient (Wildman–Crippen LogP) is 4.23. The molecule has 2 aromatic rings. The molecular formula is C11H7BrClNO2S. The molecule has 0 aliphatic carbocycles. The number of aromatic nitrogens is 1. The number of carbonyl (C=O) groups is 1. The van der Waals surface area contributed by atoms with Crippen LogP contribution < -0.4 is 0 Å². The van der Waals surface area contributed by atoms with Gasteiger partial charge in [0.05, 0.1) is 5.02 Å². The summed E-state index contributed by atoms with van der Waals surface area (Å²) < 4.78 is 0.873. The molecule has 0 amide bonds. The van der Waals surface area contributed by atoms with Gasteiger partial charge in [-0.05, 0) is 25.1 Å². The van der Waals surface area contributed by atoms with E-state index in [9.17, 15) is 4.79 Å². The number of nitrogens with zero attached hydrogens (tertiary/aromatic N) is 1. The number of hydrogen-bond acceptors (Lipinski definition) is 3. The maximum atomic E-state index is 10.9. The van der Waals surface area contributed by atoms with E-state index in [1.807, 2.05) is 12.1 Å². The Hall–Kier alpha value is -0.910. The molecule has 1 heterocycles.